The number of imidazole rings is 2. The maximum absolute atomic E-state index is 13.3. The molecule has 1 saturated heterocycles. The van der Waals surface area contributed by atoms with Gasteiger partial charge in [0.05, 0.1) is 18.7 Å². The van der Waals surface area contributed by atoms with Gasteiger partial charge in [0.25, 0.3) is 0 Å². The van der Waals surface area contributed by atoms with Crippen molar-refractivity contribution in [1.82, 2.24) is 35.5 Å². The molecule has 1 aliphatic heterocycles. The van der Waals surface area contributed by atoms with E-state index in [1.165, 1.54) is 23.8 Å². The SMILES string of the molecule is CC(C)C[C@H](NC(=O)[C@H](Cc1cnc[nH]1)NC(=O)[C@@H]1CCCN1C(=O)[C@@H](N)Cc1cnc[nH]1)C(=O)O. The van der Waals surface area contributed by atoms with Gasteiger partial charge in [-0.3, -0.25) is 14.4 Å². The zero-order valence-electron chi connectivity index (χ0n) is 20.4. The highest BCUT2D eigenvalue weighted by Crippen LogP contribution is 2.19. The minimum Gasteiger partial charge on any atom is -0.480 e. The maximum atomic E-state index is 13.3. The molecule has 3 amide bonds. The number of H-pyrrole nitrogens is 2. The summed E-state index contributed by atoms with van der Waals surface area (Å²) < 4.78 is 0. The number of hydrogen-bond acceptors (Lipinski definition) is 7. The second kappa shape index (κ2) is 12.3. The monoisotopic (exact) mass is 502 g/mol. The van der Waals surface area contributed by atoms with E-state index >= 15 is 0 Å². The Balaban J connectivity index is 1.70. The first-order valence-corrected chi connectivity index (χ1v) is 12.0. The number of carboxylic acid groups (broad SMARTS) is 1. The van der Waals surface area contributed by atoms with Crippen molar-refractivity contribution >= 4 is 23.7 Å². The molecular weight excluding hydrogens is 468 g/mol. The number of aliphatic carboxylic acids is 1. The van der Waals surface area contributed by atoms with Gasteiger partial charge in [0, 0.05) is 43.2 Å². The smallest absolute Gasteiger partial charge is 0.326 e. The van der Waals surface area contributed by atoms with Crippen LogP contribution in [0.15, 0.2) is 25.0 Å². The minimum absolute atomic E-state index is 0.0380. The fraction of sp³-hybridized carbons (Fsp3) is 0.565. The Bertz CT molecular complexity index is 1020. The van der Waals surface area contributed by atoms with Gasteiger partial charge in [-0.25, -0.2) is 14.8 Å². The van der Waals surface area contributed by atoms with Crippen molar-refractivity contribution in [2.45, 2.75) is 70.1 Å². The molecule has 36 heavy (non-hydrogen) atoms. The molecule has 13 nitrogen and oxygen atoms in total. The lowest BCUT2D eigenvalue weighted by molar-refractivity contribution is -0.143. The van der Waals surface area contributed by atoms with Crippen LogP contribution in [0.3, 0.4) is 0 Å². The molecule has 2 aromatic heterocycles. The van der Waals surface area contributed by atoms with E-state index < -0.39 is 42.0 Å². The summed E-state index contributed by atoms with van der Waals surface area (Å²) in [4.78, 5) is 66.1. The van der Waals surface area contributed by atoms with E-state index in [0.717, 1.165) is 0 Å². The first-order valence-electron chi connectivity index (χ1n) is 12.0. The molecule has 196 valence electrons. The van der Waals surface area contributed by atoms with Crippen LogP contribution in [-0.4, -0.2) is 84.3 Å². The number of aromatic amines is 2. The second-order valence-corrected chi connectivity index (χ2v) is 9.45. The fourth-order valence-corrected chi connectivity index (χ4v) is 4.30. The quantitative estimate of drug-likeness (QED) is 0.219. The number of carbonyl (C=O) groups is 4. The Hall–Kier alpha value is -3.74. The number of amides is 3. The summed E-state index contributed by atoms with van der Waals surface area (Å²) in [5.74, 6) is -2.60. The molecular formula is C23H34N8O5. The normalized spacial score (nSPS) is 18.0. The summed E-state index contributed by atoms with van der Waals surface area (Å²) in [6, 6.07) is -3.80. The summed E-state index contributed by atoms with van der Waals surface area (Å²) in [5, 5.41) is 14.8. The van der Waals surface area contributed by atoms with Crippen molar-refractivity contribution < 1.29 is 24.3 Å². The van der Waals surface area contributed by atoms with Gasteiger partial charge >= 0.3 is 5.97 Å². The van der Waals surface area contributed by atoms with Crippen molar-refractivity contribution in [1.29, 1.82) is 0 Å². The van der Waals surface area contributed by atoms with Gasteiger partial charge < -0.3 is 36.3 Å². The lowest BCUT2D eigenvalue weighted by atomic mass is 10.0. The van der Waals surface area contributed by atoms with Gasteiger partial charge in [0.2, 0.25) is 17.7 Å². The number of nitrogens with zero attached hydrogens (tertiary/aromatic N) is 3. The van der Waals surface area contributed by atoms with Crippen LogP contribution in [0.4, 0.5) is 0 Å². The van der Waals surface area contributed by atoms with Crippen LogP contribution >= 0.6 is 0 Å². The number of rotatable bonds is 12. The molecule has 0 spiro atoms. The lowest BCUT2D eigenvalue weighted by Gasteiger charge is -2.28. The first kappa shape index (κ1) is 26.9. The molecule has 1 aliphatic rings. The summed E-state index contributed by atoms with van der Waals surface area (Å²) in [5.41, 5.74) is 7.41. The number of carboxylic acids is 1. The average molecular weight is 503 g/mol. The van der Waals surface area contributed by atoms with Crippen LogP contribution in [0.1, 0.15) is 44.5 Å². The Morgan fingerprint density at radius 3 is 2.28 bits per heavy atom. The van der Waals surface area contributed by atoms with E-state index in [9.17, 15) is 24.3 Å². The molecule has 0 aromatic carbocycles. The van der Waals surface area contributed by atoms with Gasteiger partial charge in [-0.1, -0.05) is 13.8 Å². The molecule has 7 N–H and O–H groups in total. The van der Waals surface area contributed by atoms with Crippen molar-refractivity contribution in [3.63, 3.8) is 0 Å². The van der Waals surface area contributed by atoms with Gasteiger partial charge in [-0.15, -0.1) is 0 Å². The highest BCUT2D eigenvalue weighted by Gasteiger charge is 2.38. The van der Waals surface area contributed by atoms with Crippen molar-refractivity contribution in [3.05, 3.63) is 36.4 Å². The Kier molecular flexibility index (Phi) is 9.17. The van der Waals surface area contributed by atoms with Crippen molar-refractivity contribution in [3.8, 4) is 0 Å². The number of nitrogens with one attached hydrogen (secondary N) is 4. The van der Waals surface area contributed by atoms with E-state index in [4.69, 9.17) is 5.73 Å². The molecule has 0 aliphatic carbocycles. The third-order valence-electron chi connectivity index (χ3n) is 6.08. The number of carbonyl (C=O) groups excluding carboxylic acids is 3. The molecule has 3 heterocycles. The highest BCUT2D eigenvalue weighted by molar-refractivity contribution is 5.94. The molecule has 2 aromatic rings. The van der Waals surface area contributed by atoms with E-state index in [2.05, 4.69) is 30.6 Å². The standard InChI is InChI=1S/C23H34N8O5/c1-13(2)6-18(23(35)36)30-20(32)17(8-15-10-26-12-28-15)29-21(33)19-4-3-5-31(19)22(34)16(24)7-14-9-25-11-27-14/h9-13,16-19H,3-8,24H2,1-2H3,(H,25,27)(H,26,28)(H,29,33)(H,30,32)(H,35,36)/t16-,17-,18-,19-/m0/s1. The van der Waals surface area contributed by atoms with E-state index in [-0.39, 0.29) is 31.1 Å². The molecule has 1 fully saturated rings. The zero-order valence-corrected chi connectivity index (χ0v) is 20.4. The van der Waals surface area contributed by atoms with E-state index in [0.29, 0.717) is 30.8 Å². The van der Waals surface area contributed by atoms with Crippen LogP contribution in [0.5, 0.6) is 0 Å². The third kappa shape index (κ3) is 7.13. The van der Waals surface area contributed by atoms with Crippen LogP contribution in [0, 0.1) is 5.92 Å². The fourth-order valence-electron chi connectivity index (χ4n) is 4.30. The predicted molar refractivity (Wildman–Crippen MR) is 128 cm³/mol. The van der Waals surface area contributed by atoms with Crippen LogP contribution in [0.2, 0.25) is 0 Å². The largest absolute Gasteiger partial charge is 0.480 e. The number of nitrogens with two attached hydrogens (primary N) is 1. The third-order valence-corrected chi connectivity index (χ3v) is 6.08. The maximum Gasteiger partial charge on any atom is 0.326 e. The van der Waals surface area contributed by atoms with Crippen LogP contribution in [0.25, 0.3) is 0 Å². The summed E-state index contributed by atoms with van der Waals surface area (Å²) in [6.45, 7) is 4.09. The first-order chi connectivity index (χ1) is 17.2. The van der Waals surface area contributed by atoms with E-state index in [1.54, 1.807) is 6.20 Å². The number of likely N-dealkylation sites (tertiary alicyclic amines) is 1. The average Bonchev–Trinajstić information content (AvgIpc) is 3.59. The molecule has 3 rings (SSSR count). The second-order valence-electron chi connectivity index (χ2n) is 9.45. The Morgan fingerprint density at radius 2 is 1.72 bits per heavy atom. The Labute approximate surface area is 208 Å². The molecule has 13 heteroatoms. The highest BCUT2D eigenvalue weighted by atomic mass is 16.4. The van der Waals surface area contributed by atoms with Crippen molar-refractivity contribution in [2.24, 2.45) is 11.7 Å². The summed E-state index contributed by atoms with van der Waals surface area (Å²) in [7, 11) is 0. The molecule has 4 atom stereocenters. The summed E-state index contributed by atoms with van der Waals surface area (Å²) >= 11 is 0. The van der Waals surface area contributed by atoms with Crippen LogP contribution < -0.4 is 16.4 Å². The molecule has 0 saturated carbocycles. The molecule has 0 radical (unpaired) electrons. The minimum atomic E-state index is -1.15. The predicted octanol–water partition coefficient (Wildman–Crippen LogP) is -0.663. The van der Waals surface area contributed by atoms with Gasteiger partial charge in [0.15, 0.2) is 0 Å². The topological polar surface area (TPSA) is 199 Å². The Morgan fingerprint density at radius 1 is 1.08 bits per heavy atom. The zero-order chi connectivity index (χ0) is 26.2. The van der Waals surface area contributed by atoms with Crippen LogP contribution in [-0.2, 0) is 32.0 Å². The number of aromatic nitrogens is 4. The lowest BCUT2D eigenvalue weighted by Crippen LogP contribution is -2.57. The van der Waals surface area contributed by atoms with Gasteiger partial charge in [-0.05, 0) is 25.2 Å². The molecule has 0 unspecified atom stereocenters. The van der Waals surface area contributed by atoms with E-state index in [1.807, 2.05) is 13.8 Å². The van der Waals surface area contributed by atoms with Crippen molar-refractivity contribution in [2.75, 3.05) is 6.54 Å². The number of hydrogen-bond donors (Lipinski definition) is 6. The van der Waals surface area contributed by atoms with Gasteiger partial charge in [-0.2, -0.15) is 0 Å². The molecule has 0 bridgehead atoms. The summed E-state index contributed by atoms with van der Waals surface area (Å²) in [6.07, 6.45) is 7.67. The van der Waals surface area contributed by atoms with Gasteiger partial charge in [0.1, 0.15) is 18.1 Å².